The van der Waals surface area contributed by atoms with Crippen LogP contribution in [0.1, 0.15) is 5.76 Å². The summed E-state index contributed by atoms with van der Waals surface area (Å²) in [4.78, 5) is 13.1. The molecule has 0 saturated heterocycles. The number of rotatable bonds is 7. The van der Waals surface area contributed by atoms with E-state index < -0.39 is 0 Å². The zero-order valence-corrected chi connectivity index (χ0v) is 17.4. The van der Waals surface area contributed by atoms with E-state index in [1.54, 1.807) is 12.1 Å². The smallest absolute Gasteiger partial charge is 0.230 e. The first-order chi connectivity index (χ1) is 14.1. The lowest BCUT2D eigenvalue weighted by Crippen LogP contribution is -2.24. The van der Waals surface area contributed by atoms with Gasteiger partial charge in [-0.2, -0.15) is 0 Å². The molecule has 4 rings (SSSR count). The van der Waals surface area contributed by atoms with Crippen molar-refractivity contribution in [3.63, 3.8) is 0 Å². The molecule has 0 aliphatic heterocycles. The van der Waals surface area contributed by atoms with Crippen LogP contribution < -0.4 is 11.2 Å². The van der Waals surface area contributed by atoms with E-state index in [4.69, 9.17) is 21.9 Å². The molecule has 1 amide bonds. The number of benzene rings is 1. The summed E-state index contributed by atoms with van der Waals surface area (Å²) in [7, 11) is 0. The van der Waals surface area contributed by atoms with E-state index in [-0.39, 0.29) is 11.7 Å². The summed E-state index contributed by atoms with van der Waals surface area (Å²) in [5.41, 5.74) is 0.923. The van der Waals surface area contributed by atoms with Gasteiger partial charge in [-0.05, 0) is 47.8 Å². The highest BCUT2D eigenvalue weighted by molar-refractivity contribution is 7.99. The first-order valence-corrected chi connectivity index (χ1v) is 10.8. The SMILES string of the molecule is Nn1c(SCC(=O)NCc2ccc(-c3ccc(Cl)cc3)o2)nnc1-c1cccs1. The molecular weight excluding hydrogens is 430 g/mol. The van der Waals surface area contributed by atoms with Crippen LogP contribution in [-0.4, -0.2) is 26.5 Å². The van der Waals surface area contributed by atoms with Gasteiger partial charge in [-0.25, -0.2) is 4.68 Å². The summed E-state index contributed by atoms with van der Waals surface area (Å²) >= 11 is 8.65. The van der Waals surface area contributed by atoms with Gasteiger partial charge in [-0.15, -0.1) is 21.5 Å². The van der Waals surface area contributed by atoms with Crippen LogP contribution in [0.15, 0.2) is 63.5 Å². The van der Waals surface area contributed by atoms with Crippen LogP contribution in [0.5, 0.6) is 0 Å². The Labute approximate surface area is 179 Å². The fourth-order valence-electron chi connectivity index (χ4n) is 2.56. The highest BCUT2D eigenvalue weighted by atomic mass is 35.5. The topological polar surface area (TPSA) is 99.0 Å². The molecule has 0 bridgehead atoms. The second-order valence-electron chi connectivity index (χ2n) is 5.99. The fraction of sp³-hybridized carbons (Fsp3) is 0.105. The van der Waals surface area contributed by atoms with Crippen molar-refractivity contribution in [1.82, 2.24) is 20.2 Å². The largest absolute Gasteiger partial charge is 0.459 e. The number of nitrogen functional groups attached to an aromatic ring is 1. The van der Waals surface area contributed by atoms with Gasteiger partial charge in [0.15, 0.2) is 5.82 Å². The third kappa shape index (κ3) is 4.64. The molecule has 0 spiro atoms. The third-order valence-corrected chi connectivity index (χ3v) is 6.05. The zero-order chi connectivity index (χ0) is 20.2. The highest BCUT2D eigenvalue weighted by Gasteiger charge is 2.14. The maximum Gasteiger partial charge on any atom is 0.230 e. The number of carbonyl (C=O) groups excluding carboxylic acids is 1. The maximum atomic E-state index is 12.2. The monoisotopic (exact) mass is 445 g/mol. The number of nitrogens with one attached hydrogen (secondary N) is 1. The number of nitrogens with two attached hydrogens (primary N) is 1. The van der Waals surface area contributed by atoms with E-state index in [9.17, 15) is 4.79 Å². The summed E-state index contributed by atoms with van der Waals surface area (Å²) in [6, 6.07) is 14.9. The van der Waals surface area contributed by atoms with Crippen LogP contribution >= 0.6 is 34.7 Å². The Hall–Kier alpha value is -2.75. The fourth-order valence-corrected chi connectivity index (χ4v) is 4.08. The third-order valence-electron chi connectivity index (χ3n) is 3.99. The van der Waals surface area contributed by atoms with E-state index in [0.29, 0.717) is 28.3 Å². The number of thioether (sulfide) groups is 1. The van der Waals surface area contributed by atoms with Crippen LogP contribution in [0, 0.1) is 0 Å². The van der Waals surface area contributed by atoms with Gasteiger partial charge in [0.05, 0.1) is 17.2 Å². The van der Waals surface area contributed by atoms with E-state index in [1.807, 2.05) is 41.8 Å². The molecule has 4 aromatic rings. The minimum atomic E-state index is -0.153. The van der Waals surface area contributed by atoms with Crippen molar-refractivity contribution < 1.29 is 9.21 Å². The van der Waals surface area contributed by atoms with E-state index in [1.165, 1.54) is 27.8 Å². The van der Waals surface area contributed by atoms with Crippen LogP contribution in [0.4, 0.5) is 0 Å². The number of hydrogen-bond acceptors (Lipinski definition) is 7. The molecule has 0 atom stereocenters. The lowest BCUT2D eigenvalue weighted by Gasteiger charge is -2.04. The summed E-state index contributed by atoms with van der Waals surface area (Å²) < 4.78 is 7.17. The van der Waals surface area contributed by atoms with Crippen molar-refractivity contribution in [3.8, 4) is 22.0 Å². The van der Waals surface area contributed by atoms with Gasteiger partial charge < -0.3 is 15.6 Å². The van der Waals surface area contributed by atoms with Crippen molar-refractivity contribution in [2.45, 2.75) is 11.7 Å². The molecule has 0 fully saturated rings. The molecule has 0 saturated carbocycles. The molecule has 10 heteroatoms. The molecule has 1 aromatic carbocycles. The second kappa shape index (κ2) is 8.73. The predicted octanol–water partition coefficient (Wildman–Crippen LogP) is 4.04. The Morgan fingerprint density at radius 3 is 2.79 bits per heavy atom. The van der Waals surface area contributed by atoms with Crippen LogP contribution in [0.2, 0.25) is 5.02 Å². The number of nitrogens with zero attached hydrogens (tertiary/aromatic N) is 3. The minimum Gasteiger partial charge on any atom is -0.459 e. The van der Waals surface area contributed by atoms with Crippen LogP contribution in [0.25, 0.3) is 22.0 Å². The Morgan fingerprint density at radius 1 is 1.21 bits per heavy atom. The van der Waals surface area contributed by atoms with Crippen molar-refractivity contribution in [1.29, 1.82) is 0 Å². The Morgan fingerprint density at radius 2 is 2.03 bits per heavy atom. The van der Waals surface area contributed by atoms with Crippen molar-refractivity contribution in [2.24, 2.45) is 0 Å². The molecule has 0 unspecified atom stereocenters. The molecule has 0 aliphatic carbocycles. The number of carbonyl (C=O) groups is 1. The molecule has 3 aromatic heterocycles. The van der Waals surface area contributed by atoms with Gasteiger partial charge in [-0.1, -0.05) is 29.4 Å². The first-order valence-electron chi connectivity index (χ1n) is 8.58. The quantitative estimate of drug-likeness (QED) is 0.329. The number of furan rings is 1. The summed E-state index contributed by atoms with van der Waals surface area (Å²) in [5, 5.41) is 14.1. The zero-order valence-electron chi connectivity index (χ0n) is 15.0. The van der Waals surface area contributed by atoms with Gasteiger partial charge in [-0.3, -0.25) is 4.79 Å². The molecule has 3 N–H and O–H groups in total. The van der Waals surface area contributed by atoms with Crippen molar-refractivity contribution >= 4 is 40.6 Å². The van der Waals surface area contributed by atoms with E-state index in [2.05, 4.69) is 15.5 Å². The van der Waals surface area contributed by atoms with Crippen LogP contribution in [0.3, 0.4) is 0 Å². The normalized spacial score (nSPS) is 10.9. The van der Waals surface area contributed by atoms with Crippen molar-refractivity contribution in [3.05, 3.63) is 64.7 Å². The first kappa shape index (κ1) is 19.6. The Bertz CT molecular complexity index is 1110. The van der Waals surface area contributed by atoms with E-state index >= 15 is 0 Å². The lowest BCUT2D eigenvalue weighted by atomic mass is 10.2. The molecule has 29 heavy (non-hydrogen) atoms. The summed E-state index contributed by atoms with van der Waals surface area (Å²) in [5.74, 6) is 8.01. The summed E-state index contributed by atoms with van der Waals surface area (Å²) in [6.45, 7) is 0.294. The minimum absolute atomic E-state index is 0.153. The molecule has 0 aliphatic rings. The summed E-state index contributed by atoms with van der Waals surface area (Å²) in [6.07, 6.45) is 0. The van der Waals surface area contributed by atoms with Gasteiger partial charge >= 0.3 is 0 Å². The molecule has 148 valence electrons. The Balaban J connectivity index is 1.29. The van der Waals surface area contributed by atoms with E-state index in [0.717, 1.165) is 16.2 Å². The van der Waals surface area contributed by atoms with Gasteiger partial charge in [0.2, 0.25) is 11.1 Å². The predicted molar refractivity (Wildman–Crippen MR) is 115 cm³/mol. The van der Waals surface area contributed by atoms with Gasteiger partial charge in [0, 0.05) is 10.6 Å². The molecular formula is C19H16ClN5O2S2. The number of aromatic nitrogens is 3. The number of hydrogen-bond donors (Lipinski definition) is 2. The Kier molecular flexibility index (Phi) is 5.89. The maximum absolute atomic E-state index is 12.2. The van der Waals surface area contributed by atoms with Crippen molar-refractivity contribution in [2.75, 3.05) is 11.6 Å². The van der Waals surface area contributed by atoms with Crippen LogP contribution in [-0.2, 0) is 11.3 Å². The second-order valence-corrected chi connectivity index (χ2v) is 8.32. The molecule has 0 radical (unpaired) electrons. The van der Waals surface area contributed by atoms with Gasteiger partial charge in [0.1, 0.15) is 11.5 Å². The molecule has 7 nitrogen and oxygen atoms in total. The standard InChI is InChI=1S/C19H16ClN5O2S2/c20-13-5-3-12(4-6-13)15-8-7-14(27-15)10-22-17(26)11-29-19-24-23-18(25(19)21)16-2-1-9-28-16/h1-9H,10-11,21H2,(H,22,26). The number of thiophene rings is 1. The lowest BCUT2D eigenvalue weighted by molar-refractivity contribution is -0.118. The van der Waals surface area contributed by atoms with Gasteiger partial charge in [0.25, 0.3) is 0 Å². The highest BCUT2D eigenvalue weighted by Crippen LogP contribution is 2.25. The average Bonchev–Trinajstić information content (AvgIpc) is 3.47. The molecule has 3 heterocycles. The average molecular weight is 446 g/mol. The number of halogens is 1. The number of amides is 1.